The number of carbonyl (C=O) groups excluding carboxylic acids is 2. The fourth-order valence-electron chi connectivity index (χ4n) is 3.00. The van der Waals surface area contributed by atoms with E-state index in [0.717, 1.165) is 17.7 Å². The summed E-state index contributed by atoms with van der Waals surface area (Å²) in [4.78, 5) is 23.2. The highest BCUT2D eigenvalue weighted by Gasteiger charge is 2.28. The molecule has 1 amide bonds. The van der Waals surface area contributed by atoms with Crippen LogP contribution in [0.1, 0.15) is 24.8 Å². The van der Waals surface area contributed by atoms with E-state index in [1.54, 1.807) is 0 Å². The molecule has 0 unspecified atom stereocenters. The number of carbonyl (C=O) groups is 2. The molecule has 0 aliphatic carbocycles. The minimum absolute atomic E-state index is 0.117. The van der Waals surface area contributed by atoms with E-state index >= 15 is 0 Å². The van der Waals surface area contributed by atoms with Crippen molar-refractivity contribution in [2.24, 2.45) is 5.92 Å². The summed E-state index contributed by atoms with van der Waals surface area (Å²) in [5, 5.41) is 14.0. The summed E-state index contributed by atoms with van der Waals surface area (Å²) in [6.07, 6.45) is 1.56. The molecule has 0 aromatic heterocycles. The second-order valence-corrected chi connectivity index (χ2v) is 5.97. The van der Waals surface area contributed by atoms with Crippen LogP contribution in [0.2, 0.25) is 0 Å². The number of benzene rings is 1. The first-order chi connectivity index (χ1) is 11.6. The molecule has 7 heteroatoms. The maximum absolute atomic E-state index is 12.0. The topological polar surface area (TPSA) is 96.9 Å². The van der Waals surface area contributed by atoms with Gasteiger partial charge in [0.2, 0.25) is 12.7 Å². The maximum atomic E-state index is 12.0. The smallest absolute Gasteiger partial charge is 0.231 e. The fraction of sp³-hybridized carbons (Fsp3) is 0.529. The Morgan fingerprint density at radius 1 is 1.29 bits per heavy atom. The van der Waals surface area contributed by atoms with Crippen LogP contribution < -0.4 is 19.9 Å². The zero-order valence-electron chi connectivity index (χ0n) is 13.3. The van der Waals surface area contributed by atoms with Gasteiger partial charge in [0.25, 0.3) is 0 Å². The highest BCUT2D eigenvalue weighted by molar-refractivity contribution is 5.81. The van der Waals surface area contributed by atoms with Gasteiger partial charge in [-0.3, -0.25) is 4.79 Å². The van der Waals surface area contributed by atoms with Crippen molar-refractivity contribution < 1.29 is 28.9 Å². The van der Waals surface area contributed by atoms with Crippen molar-refractivity contribution in [2.45, 2.75) is 31.8 Å². The predicted molar refractivity (Wildman–Crippen MR) is 81.4 cm³/mol. The third kappa shape index (κ3) is 3.97. The lowest BCUT2D eigenvalue weighted by atomic mass is 9.96. The van der Waals surface area contributed by atoms with E-state index in [1.165, 1.54) is 0 Å². The molecule has 2 aliphatic heterocycles. The molecule has 130 valence electrons. The number of carboxylic acids is 1. The van der Waals surface area contributed by atoms with Crippen LogP contribution in [0.25, 0.3) is 0 Å². The van der Waals surface area contributed by atoms with Crippen molar-refractivity contribution in [2.75, 3.05) is 19.9 Å². The zero-order chi connectivity index (χ0) is 16.9. The van der Waals surface area contributed by atoms with Crippen LogP contribution in [0, 0.1) is 5.92 Å². The number of hydrogen-bond acceptors (Lipinski definition) is 6. The average molecular weight is 334 g/mol. The molecule has 3 rings (SSSR count). The van der Waals surface area contributed by atoms with E-state index in [9.17, 15) is 14.7 Å². The molecule has 1 saturated heterocycles. The minimum atomic E-state index is -1.23. The van der Waals surface area contributed by atoms with Gasteiger partial charge in [0.05, 0.1) is 6.10 Å². The lowest BCUT2D eigenvalue weighted by molar-refractivity contribution is -0.314. The maximum Gasteiger partial charge on any atom is 0.231 e. The largest absolute Gasteiger partial charge is 0.550 e. The van der Waals surface area contributed by atoms with Crippen LogP contribution in [-0.2, 0) is 20.7 Å². The first kappa shape index (κ1) is 16.6. The highest BCUT2D eigenvalue weighted by Crippen LogP contribution is 2.32. The Balaban J connectivity index is 1.45. The second-order valence-electron chi connectivity index (χ2n) is 5.97. The number of aliphatic carboxylic acids is 1. The fourth-order valence-corrected chi connectivity index (χ4v) is 3.00. The second kappa shape index (κ2) is 7.53. The van der Waals surface area contributed by atoms with Crippen LogP contribution in [-0.4, -0.2) is 37.9 Å². The van der Waals surface area contributed by atoms with Gasteiger partial charge in [-0.05, 0) is 37.0 Å². The molecule has 2 heterocycles. The predicted octanol–water partition coefficient (Wildman–Crippen LogP) is 0.00920. The Morgan fingerprint density at radius 2 is 2.12 bits per heavy atom. The van der Waals surface area contributed by atoms with E-state index < -0.39 is 18.0 Å². The van der Waals surface area contributed by atoms with Crippen LogP contribution >= 0.6 is 0 Å². The standard InChI is InChI=1S/C17H21NO6/c19-16(9-12(17(20)21)13-2-1-7-22-13)18-6-5-11-3-4-14-15(8-11)24-10-23-14/h3-4,8,12-13H,1-2,5-7,9-10H2,(H,18,19)(H,20,21)/p-1/t12-,13-/m1/s1. The van der Waals surface area contributed by atoms with Gasteiger partial charge in [0, 0.05) is 31.5 Å². The van der Waals surface area contributed by atoms with Gasteiger partial charge in [0.15, 0.2) is 11.5 Å². The van der Waals surface area contributed by atoms with Gasteiger partial charge in [-0.25, -0.2) is 0 Å². The van der Waals surface area contributed by atoms with Gasteiger partial charge in [0.1, 0.15) is 0 Å². The monoisotopic (exact) mass is 334 g/mol. The molecule has 1 aromatic rings. The van der Waals surface area contributed by atoms with E-state index in [-0.39, 0.29) is 19.1 Å². The van der Waals surface area contributed by atoms with Gasteiger partial charge in [-0.15, -0.1) is 0 Å². The van der Waals surface area contributed by atoms with Gasteiger partial charge >= 0.3 is 0 Å². The molecule has 0 bridgehead atoms. The number of ether oxygens (including phenoxy) is 3. The summed E-state index contributed by atoms with van der Waals surface area (Å²) >= 11 is 0. The van der Waals surface area contributed by atoms with E-state index in [2.05, 4.69) is 5.32 Å². The first-order valence-corrected chi connectivity index (χ1v) is 8.11. The van der Waals surface area contributed by atoms with Crippen LogP contribution in [0.5, 0.6) is 11.5 Å². The number of rotatable bonds is 7. The van der Waals surface area contributed by atoms with Crippen molar-refractivity contribution in [3.8, 4) is 11.5 Å². The normalized spacial score (nSPS) is 19.9. The first-order valence-electron chi connectivity index (χ1n) is 8.11. The van der Waals surface area contributed by atoms with E-state index in [0.29, 0.717) is 31.7 Å². The van der Waals surface area contributed by atoms with Crippen LogP contribution in [0.15, 0.2) is 18.2 Å². The van der Waals surface area contributed by atoms with Gasteiger partial charge < -0.3 is 29.4 Å². The summed E-state index contributed by atoms with van der Waals surface area (Å²) in [6, 6.07) is 5.63. The van der Waals surface area contributed by atoms with Crippen molar-refractivity contribution in [3.05, 3.63) is 23.8 Å². The summed E-state index contributed by atoms with van der Waals surface area (Å²) in [5.74, 6) is -1.00. The van der Waals surface area contributed by atoms with Crippen molar-refractivity contribution in [1.82, 2.24) is 5.32 Å². The third-order valence-corrected chi connectivity index (χ3v) is 4.29. The Bertz CT molecular complexity index is 611. The number of fused-ring (bicyclic) bond motifs is 1. The van der Waals surface area contributed by atoms with Gasteiger partial charge in [-0.2, -0.15) is 0 Å². The molecule has 2 atom stereocenters. The number of nitrogens with one attached hydrogen (secondary N) is 1. The van der Waals surface area contributed by atoms with Crippen molar-refractivity contribution in [3.63, 3.8) is 0 Å². The average Bonchev–Trinajstić information content (AvgIpc) is 3.23. The summed E-state index contributed by atoms with van der Waals surface area (Å²) < 4.78 is 15.9. The Labute approximate surface area is 139 Å². The molecular formula is C17H20NO6-. The number of amides is 1. The molecule has 1 fully saturated rings. The molecule has 1 aromatic carbocycles. The van der Waals surface area contributed by atoms with E-state index in [1.807, 2.05) is 18.2 Å². The van der Waals surface area contributed by atoms with Crippen LogP contribution in [0.4, 0.5) is 0 Å². The molecular weight excluding hydrogens is 314 g/mol. The Hall–Kier alpha value is -2.28. The lowest BCUT2D eigenvalue weighted by Crippen LogP contribution is -2.42. The molecule has 0 radical (unpaired) electrons. The van der Waals surface area contributed by atoms with Gasteiger partial charge in [-0.1, -0.05) is 6.07 Å². The van der Waals surface area contributed by atoms with Crippen LogP contribution in [0.3, 0.4) is 0 Å². The molecule has 1 N–H and O–H groups in total. The number of carboxylic acid groups (broad SMARTS) is 1. The highest BCUT2D eigenvalue weighted by atomic mass is 16.7. The third-order valence-electron chi connectivity index (χ3n) is 4.29. The summed E-state index contributed by atoms with van der Waals surface area (Å²) in [6.45, 7) is 1.19. The zero-order valence-corrected chi connectivity index (χ0v) is 13.3. The lowest BCUT2D eigenvalue weighted by Gasteiger charge is -2.23. The van der Waals surface area contributed by atoms with Crippen molar-refractivity contribution in [1.29, 1.82) is 0 Å². The quantitative estimate of drug-likeness (QED) is 0.754. The molecule has 2 aliphatic rings. The molecule has 0 saturated carbocycles. The summed E-state index contributed by atoms with van der Waals surface area (Å²) in [5.41, 5.74) is 1.01. The Kier molecular flexibility index (Phi) is 5.20. The number of hydrogen-bond donors (Lipinski definition) is 1. The Morgan fingerprint density at radius 3 is 2.88 bits per heavy atom. The minimum Gasteiger partial charge on any atom is -0.550 e. The van der Waals surface area contributed by atoms with Crippen molar-refractivity contribution >= 4 is 11.9 Å². The van der Waals surface area contributed by atoms with E-state index in [4.69, 9.17) is 14.2 Å². The molecule has 0 spiro atoms. The summed E-state index contributed by atoms with van der Waals surface area (Å²) in [7, 11) is 0. The molecule has 24 heavy (non-hydrogen) atoms. The SMILES string of the molecule is O=C(C[C@@H](C(=O)[O-])[C@H]1CCCO1)NCCc1ccc2c(c1)OCO2. The molecule has 7 nitrogen and oxygen atoms in total.